The minimum absolute atomic E-state index is 0.0538. The van der Waals surface area contributed by atoms with Gasteiger partial charge in [0.05, 0.1) is 13.2 Å². The van der Waals surface area contributed by atoms with Gasteiger partial charge >= 0.3 is 0 Å². The molecule has 0 fully saturated rings. The van der Waals surface area contributed by atoms with Crippen molar-refractivity contribution in [3.63, 3.8) is 0 Å². The Morgan fingerprint density at radius 3 is 2.36 bits per heavy atom. The van der Waals surface area contributed by atoms with Crippen molar-refractivity contribution in [3.8, 4) is 5.75 Å². The van der Waals surface area contributed by atoms with Crippen LogP contribution in [0.3, 0.4) is 0 Å². The fourth-order valence-corrected chi connectivity index (χ4v) is 3.43. The standard InChI is InChI=1S/C21H21NO2S/c1-24-18-11-9-17(10-12-18)21(16-6-3-2-4-7-16)22-20(23)14-13-19-8-5-15-25-19/h2-12,15,21H,13-14H2,1H3,(H,22,23). The fourth-order valence-electron chi connectivity index (χ4n) is 2.73. The van der Waals surface area contributed by atoms with Crippen molar-refractivity contribution in [1.82, 2.24) is 5.32 Å². The van der Waals surface area contributed by atoms with E-state index in [0.29, 0.717) is 6.42 Å². The molecule has 1 N–H and O–H groups in total. The first kappa shape index (κ1) is 17.2. The summed E-state index contributed by atoms with van der Waals surface area (Å²) in [5.74, 6) is 0.859. The van der Waals surface area contributed by atoms with Gasteiger partial charge in [-0.2, -0.15) is 0 Å². The van der Waals surface area contributed by atoms with E-state index in [1.54, 1.807) is 18.4 Å². The summed E-state index contributed by atoms with van der Waals surface area (Å²) in [7, 11) is 1.65. The number of aryl methyl sites for hydroxylation is 1. The van der Waals surface area contributed by atoms with Gasteiger partial charge in [-0.3, -0.25) is 4.79 Å². The summed E-state index contributed by atoms with van der Waals surface area (Å²) in [4.78, 5) is 13.7. The van der Waals surface area contributed by atoms with Crippen molar-refractivity contribution in [3.05, 3.63) is 88.1 Å². The van der Waals surface area contributed by atoms with E-state index >= 15 is 0 Å². The molecular formula is C21H21NO2S. The summed E-state index contributed by atoms with van der Waals surface area (Å²) in [5, 5.41) is 5.21. The molecule has 0 bridgehead atoms. The summed E-state index contributed by atoms with van der Waals surface area (Å²) in [5.41, 5.74) is 2.11. The normalized spacial score (nSPS) is 11.7. The Bertz CT molecular complexity index is 783. The molecule has 0 radical (unpaired) electrons. The molecule has 2 aromatic carbocycles. The van der Waals surface area contributed by atoms with Crippen molar-refractivity contribution in [2.24, 2.45) is 0 Å². The molecule has 0 aliphatic heterocycles. The molecule has 1 amide bonds. The molecule has 1 aromatic heterocycles. The van der Waals surface area contributed by atoms with Crippen LogP contribution in [0.25, 0.3) is 0 Å². The third kappa shape index (κ3) is 4.70. The molecular weight excluding hydrogens is 330 g/mol. The average Bonchev–Trinajstić information content (AvgIpc) is 3.19. The third-order valence-corrected chi connectivity index (χ3v) is 5.00. The Hall–Kier alpha value is -2.59. The first-order valence-corrected chi connectivity index (χ1v) is 9.15. The monoisotopic (exact) mass is 351 g/mol. The molecule has 1 heterocycles. The van der Waals surface area contributed by atoms with E-state index in [2.05, 4.69) is 11.4 Å². The van der Waals surface area contributed by atoms with E-state index in [1.165, 1.54) is 4.88 Å². The molecule has 1 unspecified atom stereocenters. The maximum absolute atomic E-state index is 12.5. The molecule has 0 spiro atoms. The van der Waals surface area contributed by atoms with Crippen LogP contribution >= 0.6 is 11.3 Å². The number of amides is 1. The van der Waals surface area contributed by atoms with Gasteiger partial charge in [0.15, 0.2) is 0 Å². The van der Waals surface area contributed by atoms with E-state index in [0.717, 1.165) is 23.3 Å². The largest absolute Gasteiger partial charge is 0.497 e. The van der Waals surface area contributed by atoms with Crippen LogP contribution in [0, 0.1) is 0 Å². The summed E-state index contributed by atoms with van der Waals surface area (Å²) in [6.45, 7) is 0. The molecule has 3 aromatic rings. The van der Waals surface area contributed by atoms with Crippen molar-refractivity contribution in [2.45, 2.75) is 18.9 Å². The van der Waals surface area contributed by atoms with Crippen LogP contribution in [0.15, 0.2) is 72.1 Å². The number of ether oxygens (including phenoxy) is 1. The second-order valence-corrected chi connectivity index (χ2v) is 6.80. The summed E-state index contributed by atoms with van der Waals surface area (Å²) < 4.78 is 5.23. The highest BCUT2D eigenvalue weighted by atomic mass is 32.1. The number of methoxy groups -OCH3 is 1. The molecule has 0 saturated carbocycles. The van der Waals surface area contributed by atoms with E-state index in [1.807, 2.05) is 66.0 Å². The van der Waals surface area contributed by atoms with Crippen molar-refractivity contribution in [1.29, 1.82) is 0 Å². The van der Waals surface area contributed by atoms with E-state index < -0.39 is 0 Å². The van der Waals surface area contributed by atoms with Gasteiger partial charge in [0.25, 0.3) is 0 Å². The van der Waals surface area contributed by atoms with Gasteiger partial charge in [-0.1, -0.05) is 48.5 Å². The van der Waals surface area contributed by atoms with Gasteiger partial charge < -0.3 is 10.1 Å². The Morgan fingerprint density at radius 2 is 1.72 bits per heavy atom. The highest BCUT2D eigenvalue weighted by Gasteiger charge is 2.17. The summed E-state index contributed by atoms with van der Waals surface area (Å²) in [6.07, 6.45) is 1.26. The van der Waals surface area contributed by atoms with Crippen molar-refractivity contribution in [2.75, 3.05) is 7.11 Å². The zero-order valence-electron chi connectivity index (χ0n) is 14.1. The Labute approximate surface area is 152 Å². The van der Waals surface area contributed by atoms with Crippen LogP contribution in [-0.4, -0.2) is 13.0 Å². The Morgan fingerprint density at radius 1 is 1.00 bits per heavy atom. The lowest BCUT2D eigenvalue weighted by Gasteiger charge is -2.20. The molecule has 3 rings (SSSR count). The number of thiophene rings is 1. The van der Waals surface area contributed by atoms with Crippen LogP contribution in [0.1, 0.15) is 28.5 Å². The number of carbonyl (C=O) groups is 1. The molecule has 4 heteroatoms. The van der Waals surface area contributed by atoms with Gasteiger partial charge in [-0.05, 0) is 41.1 Å². The predicted molar refractivity (Wildman–Crippen MR) is 102 cm³/mol. The summed E-state index contributed by atoms with van der Waals surface area (Å²) in [6, 6.07) is 21.8. The molecule has 3 nitrogen and oxygen atoms in total. The Balaban J connectivity index is 1.75. The van der Waals surface area contributed by atoms with E-state index in [4.69, 9.17) is 4.74 Å². The molecule has 1 atom stereocenters. The highest BCUT2D eigenvalue weighted by molar-refractivity contribution is 7.09. The van der Waals surface area contributed by atoms with Gasteiger partial charge in [-0.15, -0.1) is 11.3 Å². The molecule has 0 aliphatic rings. The lowest BCUT2D eigenvalue weighted by Crippen LogP contribution is -2.29. The quantitative estimate of drug-likeness (QED) is 0.676. The number of hydrogen-bond acceptors (Lipinski definition) is 3. The minimum Gasteiger partial charge on any atom is -0.497 e. The molecule has 128 valence electrons. The topological polar surface area (TPSA) is 38.3 Å². The van der Waals surface area contributed by atoms with Gasteiger partial charge in [-0.25, -0.2) is 0 Å². The second-order valence-electron chi connectivity index (χ2n) is 5.76. The van der Waals surface area contributed by atoms with Crippen molar-refractivity contribution >= 4 is 17.2 Å². The number of carbonyl (C=O) groups excluding carboxylic acids is 1. The van der Waals surface area contributed by atoms with Gasteiger partial charge in [0, 0.05) is 11.3 Å². The molecule has 0 saturated heterocycles. The summed E-state index contributed by atoms with van der Waals surface area (Å²) >= 11 is 1.69. The Kier molecular flexibility index (Phi) is 5.86. The number of benzene rings is 2. The second kappa shape index (κ2) is 8.49. The SMILES string of the molecule is COc1ccc(C(NC(=O)CCc2cccs2)c2ccccc2)cc1. The van der Waals surface area contributed by atoms with Crippen molar-refractivity contribution < 1.29 is 9.53 Å². The van der Waals surface area contributed by atoms with Gasteiger partial charge in [0.2, 0.25) is 5.91 Å². The number of rotatable bonds is 7. The zero-order valence-corrected chi connectivity index (χ0v) is 15.0. The van der Waals surface area contributed by atoms with Crippen LogP contribution in [0.2, 0.25) is 0 Å². The first-order valence-electron chi connectivity index (χ1n) is 8.27. The molecule has 0 aliphatic carbocycles. The third-order valence-electron chi connectivity index (χ3n) is 4.07. The first-order chi connectivity index (χ1) is 12.3. The zero-order chi connectivity index (χ0) is 17.5. The van der Waals surface area contributed by atoms with E-state index in [9.17, 15) is 4.79 Å². The molecule has 25 heavy (non-hydrogen) atoms. The van der Waals surface area contributed by atoms with Crippen LogP contribution in [0.4, 0.5) is 0 Å². The van der Waals surface area contributed by atoms with Crippen LogP contribution in [0.5, 0.6) is 5.75 Å². The van der Waals surface area contributed by atoms with E-state index in [-0.39, 0.29) is 11.9 Å². The maximum Gasteiger partial charge on any atom is 0.221 e. The highest BCUT2D eigenvalue weighted by Crippen LogP contribution is 2.24. The van der Waals surface area contributed by atoms with Crippen LogP contribution < -0.4 is 10.1 Å². The van der Waals surface area contributed by atoms with Crippen LogP contribution in [-0.2, 0) is 11.2 Å². The minimum atomic E-state index is -0.164. The number of nitrogens with one attached hydrogen (secondary N) is 1. The smallest absolute Gasteiger partial charge is 0.221 e. The lowest BCUT2D eigenvalue weighted by molar-refractivity contribution is -0.121. The average molecular weight is 351 g/mol. The lowest BCUT2D eigenvalue weighted by atomic mass is 9.98. The maximum atomic E-state index is 12.5. The number of hydrogen-bond donors (Lipinski definition) is 1. The fraction of sp³-hybridized carbons (Fsp3) is 0.190. The van der Waals surface area contributed by atoms with Gasteiger partial charge in [0.1, 0.15) is 5.75 Å². The predicted octanol–water partition coefficient (Wildman–Crippen LogP) is 4.60.